The van der Waals surface area contributed by atoms with Gasteiger partial charge in [0.25, 0.3) is 0 Å². The van der Waals surface area contributed by atoms with Gasteiger partial charge in [0.05, 0.1) is 0 Å². The summed E-state index contributed by atoms with van der Waals surface area (Å²) in [7, 11) is 0. The molecule has 0 aliphatic carbocycles. The van der Waals surface area contributed by atoms with Crippen LogP contribution in [0.5, 0.6) is 0 Å². The topological polar surface area (TPSA) is 72.7 Å². The third-order valence-corrected chi connectivity index (χ3v) is 3.46. The first-order chi connectivity index (χ1) is 10.7. The highest BCUT2D eigenvalue weighted by Crippen LogP contribution is 2.16. The smallest absolute Gasteiger partial charge is 0.242 e. The van der Waals surface area contributed by atoms with E-state index in [0.29, 0.717) is 0 Å². The number of aromatic nitrogens is 4. The number of rotatable bonds is 5. The molecule has 0 saturated heterocycles. The molecule has 1 amide bonds. The molecular formula is C16H17N5O. The van der Waals surface area contributed by atoms with E-state index in [1.54, 1.807) is 0 Å². The summed E-state index contributed by atoms with van der Waals surface area (Å²) in [6.07, 6.45) is 2.21. The molecule has 0 aliphatic heterocycles. The average molecular weight is 295 g/mol. The molecule has 0 aliphatic rings. The number of benzene rings is 2. The Morgan fingerprint density at radius 2 is 2.05 bits per heavy atom. The summed E-state index contributed by atoms with van der Waals surface area (Å²) in [5.41, 5.74) is 1.20. The minimum atomic E-state index is -0.0967. The number of fused-ring (bicyclic) bond motifs is 1. The van der Waals surface area contributed by atoms with Crippen LogP contribution in [0.3, 0.4) is 0 Å². The molecule has 1 heterocycles. The van der Waals surface area contributed by atoms with Gasteiger partial charge in [-0.25, -0.2) is 4.68 Å². The van der Waals surface area contributed by atoms with Crippen molar-refractivity contribution in [2.75, 3.05) is 0 Å². The first kappa shape index (κ1) is 14.2. The van der Waals surface area contributed by atoms with Crippen LogP contribution in [0.2, 0.25) is 0 Å². The number of carbonyl (C=O) groups excluding carboxylic acids is 1. The van der Waals surface area contributed by atoms with Crippen LogP contribution in [0, 0.1) is 0 Å². The van der Waals surface area contributed by atoms with Crippen LogP contribution in [-0.4, -0.2) is 32.2 Å². The van der Waals surface area contributed by atoms with Crippen molar-refractivity contribution >= 4 is 16.7 Å². The Hall–Kier alpha value is -2.76. The largest absolute Gasteiger partial charge is 0.352 e. The summed E-state index contributed by atoms with van der Waals surface area (Å²) in [5, 5.41) is 16.1. The Bertz CT molecular complexity index is 769. The number of amides is 1. The van der Waals surface area contributed by atoms with E-state index in [1.807, 2.05) is 19.1 Å². The van der Waals surface area contributed by atoms with E-state index in [2.05, 4.69) is 51.2 Å². The molecule has 2 aromatic carbocycles. The van der Waals surface area contributed by atoms with Gasteiger partial charge in [-0.3, -0.25) is 4.79 Å². The van der Waals surface area contributed by atoms with Crippen molar-refractivity contribution < 1.29 is 4.79 Å². The van der Waals surface area contributed by atoms with Gasteiger partial charge in [0, 0.05) is 6.04 Å². The van der Waals surface area contributed by atoms with Crippen molar-refractivity contribution in [3.8, 4) is 0 Å². The maximum atomic E-state index is 11.9. The fourth-order valence-corrected chi connectivity index (χ4v) is 2.49. The number of hydrogen-bond acceptors (Lipinski definition) is 4. The molecule has 0 saturated carbocycles. The van der Waals surface area contributed by atoms with Gasteiger partial charge < -0.3 is 5.32 Å². The number of tetrazole rings is 1. The van der Waals surface area contributed by atoms with Gasteiger partial charge in [0.15, 0.2) is 0 Å². The summed E-state index contributed by atoms with van der Waals surface area (Å²) >= 11 is 0. The van der Waals surface area contributed by atoms with E-state index in [-0.39, 0.29) is 18.5 Å². The molecule has 1 atom stereocenters. The lowest BCUT2D eigenvalue weighted by molar-refractivity contribution is -0.122. The summed E-state index contributed by atoms with van der Waals surface area (Å²) in [6, 6.07) is 14.7. The van der Waals surface area contributed by atoms with E-state index in [0.717, 1.165) is 6.42 Å². The molecule has 3 aromatic rings. The molecule has 6 nitrogen and oxygen atoms in total. The lowest BCUT2D eigenvalue weighted by atomic mass is 10.0. The highest BCUT2D eigenvalue weighted by molar-refractivity contribution is 5.83. The third kappa shape index (κ3) is 3.46. The molecule has 0 spiro atoms. The molecule has 0 unspecified atom stereocenters. The minimum Gasteiger partial charge on any atom is -0.352 e. The minimum absolute atomic E-state index is 0.0464. The maximum absolute atomic E-state index is 11.9. The van der Waals surface area contributed by atoms with Gasteiger partial charge in [-0.15, -0.1) is 5.10 Å². The van der Waals surface area contributed by atoms with Crippen LogP contribution in [-0.2, 0) is 17.8 Å². The SMILES string of the molecule is C[C@H](Cc1ccc2ccccc2c1)NC(=O)Cn1cnnn1. The van der Waals surface area contributed by atoms with Crippen LogP contribution in [0.4, 0.5) is 0 Å². The van der Waals surface area contributed by atoms with Crippen molar-refractivity contribution in [1.29, 1.82) is 0 Å². The van der Waals surface area contributed by atoms with Crippen LogP contribution in [0.25, 0.3) is 10.8 Å². The second-order valence-corrected chi connectivity index (χ2v) is 5.36. The molecule has 0 bridgehead atoms. The van der Waals surface area contributed by atoms with Gasteiger partial charge >= 0.3 is 0 Å². The molecule has 0 fully saturated rings. The Labute approximate surface area is 128 Å². The zero-order chi connectivity index (χ0) is 15.4. The van der Waals surface area contributed by atoms with Crippen molar-refractivity contribution in [3.05, 3.63) is 54.4 Å². The van der Waals surface area contributed by atoms with Gasteiger partial charge in [-0.05, 0) is 40.1 Å². The zero-order valence-electron chi connectivity index (χ0n) is 12.3. The van der Waals surface area contributed by atoms with E-state index >= 15 is 0 Å². The van der Waals surface area contributed by atoms with Crippen molar-refractivity contribution in [1.82, 2.24) is 25.5 Å². The first-order valence-electron chi connectivity index (χ1n) is 7.18. The predicted molar refractivity (Wildman–Crippen MR) is 83.1 cm³/mol. The van der Waals surface area contributed by atoms with Gasteiger partial charge in [0.2, 0.25) is 5.91 Å². The monoisotopic (exact) mass is 295 g/mol. The van der Waals surface area contributed by atoms with Crippen LogP contribution < -0.4 is 5.32 Å². The maximum Gasteiger partial charge on any atom is 0.242 e. The second kappa shape index (κ2) is 6.34. The Morgan fingerprint density at radius 3 is 2.82 bits per heavy atom. The Balaban J connectivity index is 1.60. The molecular weight excluding hydrogens is 278 g/mol. The number of carbonyl (C=O) groups is 1. The number of nitrogens with one attached hydrogen (secondary N) is 1. The average Bonchev–Trinajstić information content (AvgIpc) is 2.99. The lowest BCUT2D eigenvalue weighted by Gasteiger charge is -2.14. The summed E-state index contributed by atoms with van der Waals surface area (Å²) in [4.78, 5) is 11.9. The van der Waals surface area contributed by atoms with Crippen LogP contribution >= 0.6 is 0 Å². The van der Waals surface area contributed by atoms with E-state index < -0.39 is 0 Å². The molecule has 1 aromatic heterocycles. The molecule has 0 radical (unpaired) electrons. The quantitative estimate of drug-likeness (QED) is 0.775. The fourth-order valence-electron chi connectivity index (χ4n) is 2.49. The number of nitrogens with zero attached hydrogens (tertiary/aromatic N) is 4. The van der Waals surface area contributed by atoms with E-state index in [4.69, 9.17) is 0 Å². The van der Waals surface area contributed by atoms with E-state index in [1.165, 1.54) is 27.3 Å². The van der Waals surface area contributed by atoms with Crippen LogP contribution in [0.15, 0.2) is 48.8 Å². The Kier molecular flexibility index (Phi) is 4.09. The highest BCUT2D eigenvalue weighted by atomic mass is 16.2. The predicted octanol–water partition coefficient (Wildman–Crippen LogP) is 1.57. The fraction of sp³-hybridized carbons (Fsp3) is 0.250. The zero-order valence-corrected chi connectivity index (χ0v) is 12.3. The van der Waals surface area contributed by atoms with Crippen LogP contribution in [0.1, 0.15) is 12.5 Å². The molecule has 1 N–H and O–H groups in total. The van der Waals surface area contributed by atoms with Crippen molar-refractivity contribution in [2.45, 2.75) is 25.9 Å². The molecule has 3 rings (SSSR count). The Morgan fingerprint density at radius 1 is 1.23 bits per heavy atom. The van der Waals surface area contributed by atoms with Crippen molar-refractivity contribution in [2.24, 2.45) is 0 Å². The van der Waals surface area contributed by atoms with Gasteiger partial charge in [0.1, 0.15) is 12.9 Å². The van der Waals surface area contributed by atoms with E-state index in [9.17, 15) is 4.79 Å². The lowest BCUT2D eigenvalue weighted by Crippen LogP contribution is -2.36. The summed E-state index contributed by atoms with van der Waals surface area (Å²) in [5.74, 6) is -0.0967. The first-order valence-corrected chi connectivity index (χ1v) is 7.18. The summed E-state index contributed by atoms with van der Waals surface area (Å²) in [6.45, 7) is 2.13. The standard InChI is InChI=1S/C16H17N5O/c1-12(18-16(22)10-21-11-17-19-20-21)8-13-6-7-14-4-2-3-5-15(14)9-13/h2-7,9,11-12H,8,10H2,1H3,(H,18,22)/t12-/m1/s1. The summed E-state index contributed by atoms with van der Waals surface area (Å²) < 4.78 is 1.40. The third-order valence-electron chi connectivity index (χ3n) is 3.46. The second-order valence-electron chi connectivity index (χ2n) is 5.36. The normalized spacial score (nSPS) is 12.2. The highest BCUT2D eigenvalue weighted by Gasteiger charge is 2.09. The molecule has 112 valence electrons. The molecule has 6 heteroatoms. The van der Waals surface area contributed by atoms with Gasteiger partial charge in [-0.1, -0.05) is 42.5 Å². The van der Waals surface area contributed by atoms with Gasteiger partial charge in [-0.2, -0.15) is 0 Å². The van der Waals surface area contributed by atoms with Crippen molar-refractivity contribution in [3.63, 3.8) is 0 Å². The number of hydrogen-bond donors (Lipinski definition) is 1. The molecule has 22 heavy (non-hydrogen) atoms.